The van der Waals surface area contributed by atoms with Crippen LogP contribution in [-0.2, 0) is 14.3 Å². The molecule has 2 aliphatic heterocycles. The van der Waals surface area contributed by atoms with Gasteiger partial charge < -0.3 is 14.8 Å². The third kappa shape index (κ3) is 4.88. The normalized spacial score (nSPS) is 19.1. The van der Waals surface area contributed by atoms with Gasteiger partial charge in [-0.3, -0.25) is 24.6 Å². The molecule has 1 fully saturated rings. The second-order valence-corrected chi connectivity index (χ2v) is 8.77. The van der Waals surface area contributed by atoms with Gasteiger partial charge in [0.1, 0.15) is 23.8 Å². The van der Waals surface area contributed by atoms with E-state index in [-0.39, 0.29) is 35.7 Å². The minimum atomic E-state index is -0.689. The Hall–Kier alpha value is -3.86. The maximum absolute atomic E-state index is 12.8. The van der Waals surface area contributed by atoms with E-state index in [0.29, 0.717) is 17.2 Å². The monoisotopic (exact) mass is 483 g/mol. The van der Waals surface area contributed by atoms with Crippen LogP contribution >= 0.6 is 11.8 Å². The van der Waals surface area contributed by atoms with E-state index in [1.54, 1.807) is 24.3 Å². The molecule has 2 heterocycles. The fraction of sp³-hybridized carbons (Fsp3) is 0.261. The van der Waals surface area contributed by atoms with Crippen LogP contribution in [0.1, 0.15) is 17.3 Å². The predicted octanol–water partition coefficient (Wildman–Crippen LogP) is 2.50. The quantitative estimate of drug-likeness (QED) is 0.263. The van der Waals surface area contributed by atoms with Crippen LogP contribution in [0.25, 0.3) is 0 Å². The molecule has 2 aromatic rings. The number of non-ortho nitro benzene ring substituents is 1. The van der Waals surface area contributed by atoms with E-state index >= 15 is 0 Å². The zero-order valence-corrected chi connectivity index (χ0v) is 18.9. The first-order valence-corrected chi connectivity index (χ1v) is 11.4. The Morgan fingerprint density at radius 1 is 1.18 bits per heavy atom. The van der Waals surface area contributed by atoms with E-state index in [9.17, 15) is 24.5 Å². The molecule has 2 aliphatic rings. The average Bonchev–Trinajstić information content (AvgIpc) is 2.85. The summed E-state index contributed by atoms with van der Waals surface area (Å²) in [5.74, 6) is -0.167. The number of nitro groups is 1. The number of carbonyl (C=O) groups excluding carboxylic acids is 3. The molecule has 1 saturated heterocycles. The SMILES string of the molecule is CC1=C(COC(=O)c2ccc([N+](=O)[O-])cc2)N2C(=O)C(NC(=O)COc3ccccc3)[C@H]2SC1. The maximum Gasteiger partial charge on any atom is 0.338 e. The number of thioether (sulfide) groups is 1. The molecule has 2 aromatic carbocycles. The molecule has 1 unspecified atom stereocenters. The summed E-state index contributed by atoms with van der Waals surface area (Å²) in [6, 6.07) is 13.3. The summed E-state index contributed by atoms with van der Waals surface area (Å²) in [5.41, 5.74) is 1.51. The molecule has 2 amide bonds. The van der Waals surface area contributed by atoms with Gasteiger partial charge in [0.2, 0.25) is 0 Å². The number of hydrogen-bond donors (Lipinski definition) is 1. The Labute approximate surface area is 199 Å². The lowest BCUT2D eigenvalue weighted by Crippen LogP contribution is -2.70. The van der Waals surface area contributed by atoms with Crippen LogP contribution < -0.4 is 10.1 Å². The fourth-order valence-corrected chi connectivity index (χ4v) is 4.91. The molecule has 10 nitrogen and oxygen atoms in total. The molecule has 0 spiro atoms. The van der Waals surface area contributed by atoms with Crippen LogP contribution in [0.5, 0.6) is 5.75 Å². The van der Waals surface area contributed by atoms with E-state index in [1.165, 1.54) is 40.9 Å². The Kier molecular flexibility index (Phi) is 6.82. The summed E-state index contributed by atoms with van der Waals surface area (Å²) in [4.78, 5) is 49.2. The van der Waals surface area contributed by atoms with Crippen molar-refractivity contribution in [1.82, 2.24) is 10.2 Å². The lowest BCUT2D eigenvalue weighted by Gasteiger charge is -2.50. The molecule has 0 radical (unpaired) electrons. The number of para-hydroxylation sites is 1. The number of esters is 1. The zero-order valence-electron chi connectivity index (χ0n) is 18.1. The highest BCUT2D eigenvalue weighted by molar-refractivity contribution is 8.00. The van der Waals surface area contributed by atoms with Gasteiger partial charge in [0.05, 0.1) is 16.2 Å². The first kappa shape index (κ1) is 23.3. The number of benzene rings is 2. The molecule has 2 atom stereocenters. The van der Waals surface area contributed by atoms with E-state index < -0.39 is 22.8 Å². The standard InChI is InChI=1S/C23H21N3O7S/c1-14-13-34-22-20(24-19(27)12-32-17-5-3-2-4-6-17)21(28)25(22)18(14)11-33-23(29)15-7-9-16(10-8-15)26(30)31/h2-10,20,22H,11-13H2,1H3,(H,24,27)/t20?,22-/m1/s1. The number of rotatable bonds is 8. The van der Waals surface area contributed by atoms with E-state index in [2.05, 4.69) is 5.32 Å². The Morgan fingerprint density at radius 3 is 2.56 bits per heavy atom. The number of carbonyl (C=O) groups is 3. The highest BCUT2D eigenvalue weighted by Crippen LogP contribution is 2.40. The van der Waals surface area contributed by atoms with Crippen LogP contribution in [0.4, 0.5) is 5.69 Å². The van der Waals surface area contributed by atoms with Gasteiger partial charge in [-0.2, -0.15) is 0 Å². The summed E-state index contributed by atoms with van der Waals surface area (Å²) < 4.78 is 10.8. The molecule has 0 saturated carbocycles. The topological polar surface area (TPSA) is 128 Å². The summed E-state index contributed by atoms with van der Waals surface area (Å²) in [7, 11) is 0. The number of amides is 2. The van der Waals surface area contributed by atoms with Gasteiger partial charge in [-0.15, -0.1) is 11.8 Å². The third-order valence-electron chi connectivity index (χ3n) is 5.38. The molecule has 4 rings (SSSR count). The number of nitro benzene ring substituents is 1. The maximum atomic E-state index is 12.8. The number of β-lactam (4-membered cyclic amide) rings is 1. The van der Waals surface area contributed by atoms with E-state index in [1.807, 2.05) is 13.0 Å². The zero-order chi connectivity index (χ0) is 24.2. The highest BCUT2D eigenvalue weighted by atomic mass is 32.2. The second-order valence-electron chi connectivity index (χ2n) is 7.66. The smallest absolute Gasteiger partial charge is 0.338 e. The lowest BCUT2D eigenvalue weighted by atomic mass is 10.0. The number of fused-ring (bicyclic) bond motifs is 1. The van der Waals surface area contributed by atoms with Crippen LogP contribution in [0, 0.1) is 10.1 Å². The molecule has 0 aromatic heterocycles. The van der Waals surface area contributed by atoms with E-state index in [0.717, 1.165) is 5.57 Å². The van der Waals surface area contributed by atoms with Crippen molar-refractivity contribution in [2.75, 3.05) is 19.0 Å². The van der Waals surface area contributed by atoms with Crippen molar-refractivity contribution in [2.45, 2.75) is 18.3 Å². The average molecular weight is 484 g/mol. The van der Waals surface area contributed by atoms with Crippen LogP contribution in [-0.4, -0.2) is 58.0 Å². The van der Waals surface area contributed by atoms with Crippen LogP contribution in [0.15, 0.2) is 65.9 Å². The molecular weight excluding hydrogens is 462 g/mol. The third-order valence-corrected chi connectivity index (χ3v) is 6.80. The molecule has 0 bridgehead atoms. The van der Waals surface area contributed by atoms with Crippen molar-refractivity contribution < 1.29 is 28.8 Å². The summed E-state index contributed by atoms with van der Waals surface area (Å²) >= 11 is 1.52. The van der Waals surface area contributed by atoms with Gasteiger partial charge in [-0.1, -0.05) is 18.2 Å². The van der Waals surface area contributed by atoms with Crippen molar-refractivity contribution in [2.24, 2.45) is 0 Å². The molecule has 34 heavy (non-hydrogen) atoms. The first-order chi connectivity index (χ1) is 16.3. The van der Waals surface area contributed by atoms with Crippen LogP contribution in [0.3, 0.4) is 0 Å². The number of ether oxygens (including phenoxy) is 2. The predicted molar refractivity (Wildman–Crippen MR) is 123 cm³/mol. The number of hydrogen-bond acceptors (Lipinski definition) is 8. The largest absolute Gasteiger partial charge is 0.484 e. The minimum Gasteiger partial charge on any atom is -0.484 e. The minimum absolute atomic E-state index is 0.123. The molecule has 0 aliphatic carbocycles. The van der Waals surface area contributed by atoms with Gasteiger partial charge in [0.15, 0.2) is 6.61 Å². The van der Waals surface area contributed by atoms with Gasteiger partial charge in [-0.05, 0) is 36.8 Å². The van der Waals surface area contributed by atoms with Crippen molar-refractivity contribution in [1.29, 1.82) is 0 Å². The van der Waals surface area contributed by atoms with Gasteiger partial charge in [0, 0.05) is 17.9 Å². The Morgan fingerprint density at radius 2 is 1.88 bits per heavy atom. The van der Waals surface area contributed by atoms with E-state index in [4.69, 9.17) is 9.47 Å². The highest BCUT2D eigenvalue weighted by Gasteiger charge is 2.52. The van der Waals surface area contributed by atoms with Gasteiger partial charge in [0.25, 0.3) is 17.5 Å². The molecule has 1 N–H and O–H groups in total. The summed E-state index contributed by atoms with van der Waals surface area (Å²) in [5, 5.41) is 13.2. The van der Waals surface area contributed by atoms with Crippen molar-refractivity contribution >= 4 is 35.2 Å². The Balaban J connectivity index is 1.32. The van der Waals surface area contributed by atoms with Crippen molar-refractivity contribution in [3.8, 4) is 5.75 Å². The van der Waals surface area contributed by atoms with Gasteiger partial charge in [-0.25, -0.2) is 4.79 Å². The second kappa shape index (κ2) is 9.96. The van der Waals surface area contributed by atoms with Crippen molar-refractivity contribution in [3.63, 3.8) is 0 Å². The number of nitrogens with one attached hydrogen (secondary N) is 1. The summed E-state index contributed by atoms with van der Waals surface area (Å²) in [6.45, 7) is 1.52. The Bertz CT molecular complexity index is 1150. The lowest BCUT2D eigenvalue weighted by molar-refractivity contribution is -0.384. The number of nitrogens with zero attached hydrogens (tertiary/aromatic N) is 2. The van der Waals surface area contributed by atoms with Crippen LogP contribution in [0.2, 0.25) is 0 Å². The summed E-state index contributed by atoms with van der Waals surface area (Å²) in [6.07, 6.45) is 0. The molecular formula is C23H21N3O7S. The fourth-order valence-electron chi connectivity index (χ4n) is 3.56. The first-order valence-electron chi connectivity index (χ1n) is 10.4. The molecule has 11 heteroatoms. The molecule has 176 valence electrons. The van der Waals surface area contributed by atoms with Crippen molar-refractivity contribution in [3.05, 3.63) is 81.5 Å². The van der Waals surface area contributed by atoms with Gasteiger partial charge >= 0.3 is 5.97 Å².